The molecule has 0 saturated heterocycles. The normalized spacial score (nSPS) is 12.3. The molecule has 2 aromatic rings. The number of phenolic OH excluding ortho intramolecular Hbond substituents is 1. The molecule has 32 heavy (non-hydrogen) atoms. The molecule has 0 aromatic heterocycles. The number of benzene rings is 2. The van der Waals surface area contributed by atoms with Gasteiger partial charge < -0.3 is 18.4 Å². The van der Waals surface area contributed by atoms with Gasteiger partial charge in [-0.05, 0) is 49.7 Å². The third kappa shape index (κ3) is 7.44. The summed E-state index contributed by atoms with van der Waals surface area (Å²) in [5.41, 5.74) is 3.31. The van der Waals surface area contributed by atoms with E-state index in [0.717, 1.165) is 16.3 Å². The fraction of sp³-hybridized carbons (Fsp3) is 0.556. The molecule has 0 fully saturated rings. The first-order valence-corrected chi connectivity index (χ1v) is 13.4. The van der Waals surface area contributed by atoms with Gasteiger partial charge in [0.1, 0.15) is 5.75 Å². The molecule has 0 aliphatic carbocycles. The minimum atomic E-state index is -2.67. The summed E-state index contributed by atoms with van der Waals surface area (Å²) in [6.45, 7) is 22.6. The zero-order valence-electron chi connectivity index (χ0n) is 21.8. The standard InChI is InChI=1S/C15H24O.C12H20O3Si/c1-10-8-9-11(14(2,3)4)12(13(10)16)15(5,6)7;1-4-13-16(14-5-2,15-6-3)12-10-8-7-9-11-12/h8-9,16H,1-7H3;7-11H,4-6H2,1-3H3. The largest absolute Gasteiger partial charge is 0.537 e. The summed E-state index contributed by atoms with van der Waals surface area (Å²) in [5, 5.41) is 11.3. The van der Waals surface area contributed by atoms with Gasteiger partial charge in [-0.1, -0.05) is 84.0 Å². The van der Waals surface area contributed by atoms with Crippen LogP contribution in [0.2, 0.25) is 0 Å². The second-order valence-electron chi connectivity index (χ2n) is 9.87. The van der Waals surface area contributed by atoms with E-state index < -0.39 is 8.80 Å². The Morgan fingerprint density at radius 3 is 1.56 bits per heavy atom. The quantitative estimate of drug-likeness (QED) is 0.497. The summed E-state index contributed by atoms with van der Waals surface area (Å²) in [5.74, 6) is 0.458. The van der Waals surface area contributed by atoms with Crippen molar-refractivity contribution >= 4 is 14.0 Å². The Morgan fingerprint density at radius 1 is 0.719 bits per heavy atom. The molecule has 0 atom stereocenters. The van der Waals surface area contributed by atoms with Crippen molar-refractivity contribution in [3.63, 3.8) is 0 Å². The van der Waals surface area contributed by atoms with Crippen LogP contribution in [0.3, 0.4) is 0 Å². The fourth-order valence-electron chi connectivity index (χ4n) is 3.67. The maximum absolute atomic E-state index is 10.3. The van der Waals surface area contributed by atoms with Crippen molar-refractivity contribution in [1.29, 1.82) is 0 Å². The van der Waals surface area contributed by atoms with Crippen LogP contribution in [0.1, 0.15) is 79.0 Å². The van der Waals surface area contributed by atoms with Crippen LogP contribution in [-0.4, -0.2) is 33.7 Å². The van der Waals surface area contributed by atoms with Crippen LogP contribution in [0.4, 0.5) is 0 Å². The predicted molar refractivity (Wildman–Crippen MR) is 137 cm³/mol. The first-order chi connectivity index (χ1) is 14.8. The molecule has 0 bridgehead atoms. The maximum Gasteiger partial charge on any atom is 0.537 e. The van der Waals surface area contributed by atoms with Gasteiger partial charge in [-0.2, -0.15) is 0 Å². The summed E-state index contributed by atoms with van der Waals surface area (Å²) in [6, 6.07) is 14.1. The van der Waals surface area contributed by atoms with Gasteiger partial charge in [-0.3, -0.25) is 0 Å². The van der Waals surface area contributed by atoms with Crippen LogP contribution >= 0.6 is 0 Å². The second kappa shape index (κ2) is 12.0. The topological polar surface area (TPSA) is 47.9 Å². The molecular weight excluding hydrogens is 416 g/mol. The Kier molecular flexibility index (Phi) is 10.6. The molecule has 0 heterocycles. The average molecular weight is 461 g/mol. The number of aromatic hydroxyl groups is 1. The van der Waals surface area contributed by atoms with Crippen molar-refractivity contribution in [3.05, 3.63) is 59.2 Å². The monoisotopic (exact) mass is 460 g/mol. The molecule has 1 N–H and O–H groups in total. The van der Waals surface area contributed by atoms with E-state index in [2.05, 4.69) is 47.6 Å². The molecule has 5 heteroatoms. The zero-order chi connectivity index (χ0) is 24.6. The molecule has 0 aliphatic rings. The predicted octanol–water partition coefficient (Wildman–Crippen LogP) is 6.24. The number of hydrogen-bond donors (Lipinski definition) is 1. The van der Waals surface area contributed by atoms with Gasteiger partial charge in [-0.25, -0.2) is 0 Å². The summed E-state index contributed by atoms with van der Waals surface area (Å²) in [6.07, 6.45) is 0. The highest BCUT2D eigenvalue weighted by Crippen LogP contribution is 2.40. The highest BCUT2D eigenvalue weighted by atomic mass is 28.4. The van der Waals surface area contributed by atoms with Crippen LogP contribution in [0, 0.1) is 6.92 Å². The SMILES string of the molecule is CCO[Si](OCC)(OCC)c1ccccc1.Cc1ccc(C(C)(C)C)c(C(C)(C)C)c1O. The molecule has 4 nitrogen and oxygen atoms in total. The van der Waals surface area contributed by atoms with Gasteiger partial charge >= 0.3 is 8.80 Å². The second-order valence-corrected chi connectivity index (χ2v) is 12.4. The zero-order valence-corrected chi connectivity index (χ0v) is 22.8. The van der Waals surface area contributed by atoms with E-state index in [-0.39, 0.29) is 10.8 Å². The lowest BCUT2D eigenvalue weighted by Crippen LogP contribution is -2.56. The van der Waals surface area contributed by atoms with Crippen LogP contribution in [0.25, 0.3) is 0 Å². The average Bonchev–Trinajstić information content (AvgIpc) is 2.70. The van der Waals surface area contributed by atoms with Crippen molar-refractivity contribution in [2.45, 2.75) is 80.1 Å². The smallest absolute Gasteiger partial charge is 0.507 e. The van der Waals surface area contributed by atoms with Crippen LogP contribution in [0.5, 0.6) is 5.75 Å². The molecule has 180 valence electrons. The fourth-order valence-corrected chi connectivity index (χ4v) is 6.16. The van der Waals surface area contributed by atoms with Crippen molar-refractivity contribution in [2.75, 3.05) is 19.8 Å². The Bertz CT molecular complexity index is 803. The van der Waals surface area contributed by atoms with Gasteiger partial charge in [0.05, 0.1) is 0 Å². The summed E-state index contributed by atoms with van der Waals surface area (Å²) < 4.78 is 17.4. The van der Waals surface area contributed by atoms with E-state index in [9.17, 15) is 5.11 Å². The number of phenols is 1. The maximum atomic E-state index is 10.3. The van der Waals surface area contributed by atoms with E-state index in [1.807, 2.05) is 64.1 Å². The van der Waals surface area contributed by atoms with E-state index in [4.69, 9.17) is 13.3 Å². The molecule has 0 saturated carbocycles. The lowest BCUT2D eigenvalue weighted by Gasteiger charge is -2.31. The summed E-state index contributed by atoms with van der Waals surface area (Å²) in [4.78, 5) is 0. The van der Waals surface area contributed by atoms with Crippen LogP contribution < -0.4 is 5.19 Å². The Balaban J connectivity index is 0.000000320. The van der Waals surface area contributed by atoms with Gasteiger partial charge in [-0.15, -0.1) is 0 Å². The van der Waals surface area contributed by atoms with E-state index in [1.54, 1.807) is 0 Å². The van der Waals surface area contributed by atoms with Gasteiger partial charge in [0.2, 0.25) is 0 Å². The Morgan fingerprint density at radius 2 is 1.19 bits per heavy atom. The Hall–Kier alpha value is -1.66. The molecule has 2 rings (SSSR count). The first kappa shape index (κ1) is 28.4. The van der Waals surface area contributed by atoms with Crippen molar-refractivity contribution in [3.8, 4) is 5.75 Å². The molecule has 2 aromatic carbocycles. The first-order valence-electron chi connectivity index (χ1n) is 11.6. The summed E-state index contributed by atoms with van der Waals surface area (Å²) in [7, 11) is -2.67. The van der Waals surface area contributed by atoms with E-state index in [0.29, 0.717) is 25.6 Å². The van der Waals surface area contributed by atoms with E-state index >= 15 is 0 Å². The van der Waals surface area contributed by atoms with Gasteiger partial charge in [0.15, 0.2) is 0 Å². The van der Waals surface area contributed by atoms with Crippen molar-refractivity contribution in [1.82, 2.24) is 0 Å². The lowest BCUT2D eigenvalue weighted by molar-refractivity contribution is 0.0859. The third-order valence-corrected chi connectivity index (χ3v) is 8.11. The van der Waals surface area contributed by atoms with E-state index in [1.165, 1.54) is 5.56 Å². The Labute approximate surface area is 197 Å². The molecule has 0 unspecified atom stereocenters. The van der Waals surface area contributed by atoms with Crippen LogP contribution in [0.15, 0.2) is 42.5 Å². The highest BCUT2D eigenvalue weighted by Gasteiger charge is 2.42. The third-order valence-electron chi connectivity index (χ3n) is 5.07. The number of rotatable bonds is 7. The van der Waals surface area contributed by atoms with Gasteiger partial charge in [0, 0.05) is 30.6 Å². The minimum Gasteiger partial charge on any atom is -0.507 e. The highest BCUT2D eigenvalue weighted by molar-refractivity contribution is 6.75. The molecule has 0 spiro atoms. The molecule has 0 amide bonds. The minimum absolute atomic E-state index is 0.0291. The van der Waals surface area contributed by atoms with Crippen molar-refractivity contribution < 1.29 is 18.4 Å². The van der Waals surface area contributed by atoms with Crippen LogP contribution in [-0.2, 0) is 24.1 Å². The number of hydrogen-bond acceptors (Lipinski definition) is 4. The summed E-state index contributed by atoms with van der Waals surface area (Å²) >= 11 is 0. The van der Waals surface area contributed by atoms with Gasteiger partial charge in [0.25, 0.3) is 0 Å². The molecular formula is C27H44O4Si. The number of aryl methyl sites for hydroxylation is 1. The molecule has 0 radical (unpaired) electrons. The molecule has 0 aliphatic heterocycles. The van der Waals surface area contributed by atoms with Crippen molar-refractivity contribution in [2.24, 2.45) is 0 Å². The lowest BCUT2D eigenvalue weighted by atomic mass is 9.74.